The van der Waals surface area contributed by atoms with Gasteiger partial charge >= 0.3 is 0 Å². The number of aromatic nitrogens is 2. The lowest BCUT2D eigenvalue weighted by molar-refractivity contribution is -0.0587. The minimum Gasteiger partial charge on any atom is -0.372 e. The van der Waals surface area contributed by atoms with Crippen LogP contribution in [0.15, 0.2) is 18.2 Å². The largest absolute Gasteiger partial charge is 0.372 e. The minimum atomic E-state index is 0.0762. The Kier molecular flexibility index (Phi) is 6.93. The van der Waals surface area contributed by atoms with Gasteiger partial charge in [-0.15, -0.1) is 0 Å². The first-order valence-corrected chi connectivity index (χ1v) is 13.7. The van der Waals surface area contributed by atoms with E-state index >= 15 is 0 Å². The number of benzene rings is 1. The summed E-state index contributed by atoms with van der Waals surface area (Å²) in [6.45, 7) is 15.4. The number of rotatable bonds is 5. The summed E-state index contributed by atoms with van der Waals surface area (Å²) < 4.78 is 8.04. The van der Waals surface area contributed by atoms with Crippen LogP contribution < -0.4 is 4.90 Å². The molecule has 3 atom stereocenters. The molecule has 1 aliphatic carbocycles. The van der Waals surface area contributed by atoms with Crippen LogP contribution in [0.2, 0.25) is 0 Å². The number of fused-ring (bicyclic) bond motifs is 1. The molecule has 5 rings (SSSR count). The molecule has 0 N–H and O–H groups in total. The van der Waals surface area contributed by atoms with Crippen LogP contribution in [0.4, 0.5) is 5.69 Å². The van der Waals surface area contributed by atoms with E-state index in [9.17, 15) is 4.79 Å². The third-order valence-electron chi connectivity index (χ3n) is 8.64. The zero-order valence-electron chi connectivity index (χ0n) is 22.2. The van der Waals surface area contributed by atoms with Crippen molar-refractivity contribution < 1.29 is 9.53 Å². The first-order chi connectivity index (χ1) is 16.8. The Balaban J connectivity index is 1.25. The van der Waals surface area contributed by atoms with E-state index in [0.717, 1.165) is 38.9 Å². The van der Waals surface area contributed by atoms with Crippen LogP contribution >= 0.6 is 0 Å². The standard InChI is InChI=1S/C29H42N4O2/c1-19-8-6-10-26(23(19)5)31-14-12-24(13-15-31)20(2)16-33-27-11-7-9-25(27)28(30-33)29(34)32-17-21(3)35-22(4)18-32/h6,8,10,20-22,24H,7,9,11-18H2,1-5H3/t20?,21-,22+. The van der Waals surface area contributed by atoms with Gasteiger partial charge in [-0.05, 0) is 88.8 Å². The second-order valence-electron chi connectivity index (χ2n) is 11.3. The summed E-state index contributed by atoms with van der Waals surface area (Å²) in [6, 6.07) is 6.66. The van der Waals surface area contributed by atoms with Crippen LogP contribution in [0.25, 0.3) is 0 Å². The lowest BCUT2D eigenvalue weighted by Gasteiger charge is -2.37. The van der Waals surface area contributed by atoms with Gasteiger partial charge in [-0.1, -0.05) is 19.1 Å². The molecule has 35 heavy (non-hydrogen) atoms. The zero-order chi connectivity index (χ0) is 24.7. The van der Waals surface area contributed by atoms with Gasteiger partial charge in [-0.25, -0.2) is 0 Å². The van der Waals surface area contributed by atoms with E-state index in [2.05, 4.69) is 48.6 Å². The maximum Gasteiger partial charge on any atom is 0.274 e. The Labute approximate surface area is 210 Å². The summed E-state index contributed by atoms with van der Waals surface area (Å²) in [5.41, 5.74) is 7.40. The van der Waals surface area contributed by atoms with Crippen molar-refractivity contribution in [2.24, 2.45) is 11.8 Å². The zero-order valence-corrected chi connectivity index (χ0v) is 22.2. The topological polar surface area (TPSA) is 50.6 Å². The average molecular weight is 479 g/mol. The summed E-state index contributed by atoms with van der Waals surface area (Å²) >= 11 is 0. The molecule has 6 heteroatoms. The molecule has 2 saturated heterocycles. The van der Waals surface area contributed by atoms with Crippen LogP contribution in [0, 0.1) is 25.7 Å². The molecule has 190 valence electrons. The fourth-order valence-electron chi connectivity index (χ4n) is 6.53. The molecule has 3 heterocycles. The molecule has 2 aliphatic heterocycles. The number of nitrogens with zero attached hydrogens (tertiary/aromatic N) is 4. The van der Waals surface area contributed by atoms with Gasteiger partial charge in [0.05, 0.1) is 12.2 Å². The molecule has 6 nitrogen and oxygen atoms in total. The van der Waals surface area contributed by atoms with E-state index in [-0.39, 0.29) is 18.1 Å². The van der Waals surface area contributed by atoms with E-state index < -0.39 is 0 Å². The summed E-state index contributed by atoms with van der Waals surface area (Å²) in [5, 5.41) is 4.95. The lowest BCUT2D eigenvalue weighted by Crippen LogP contribution is -2.48. The molecular weight excluding hydrogens is 436 g/mol. The number of anilines is 1. The summed E-state index contributed by atoms with van der Waals surface area (Å²) in [6.07, 6.45) is 5.74. The lowest BCUT2D eigenvalue weighted by atomic mass is 9.85. The second-order valence-corrected chi connectivity index (χ2v) is 11.3. The first-order valence-electron chi connectivity index (χ1n) is 13.7. The molecule has 2 fully saturated rings. The van der Waals surface area contributed by atoms with Crippen molar-refractivity contribution in [3.8, 4) is 0 Å². The quantitative estimate of drug-likeness (QED) is 0.620. The van der Waals surface area contributed by atoms with Crippen molar-refractivity contribution in [2.45, 2.75) is 85.5 Å². The van der Waals surface area contributed by atoms with E-state index in [0.29, 0.717) is 30.6 Å². The third-order valence-corrected chi connectivity index (χ3v) is 8.64. The third kappa shape index (κ3) is 4.87. The second kappa shape index (κ2) is 9.96. The van der Waals surface area contributed by atoms with Crippen molar-refractivity contribution in [2.75, 3.05) is 31.1 Å². The number of hydrogen-bond acceptors (Lipinski definition) is 4. The highest BCUT2D eigenvalue weighted by atomic mass is 16.5. The molecule has 0 saturated carbocycles. The van der Waals surface area contributed by atoms with Crippen LogP contribution in [-0.2, 0) is 24.1 Å². The average Bonchev–Trinajstić information content (AvgIpc) is 3.44. The Morgan fingerprint density at radius 2 is 1.83 bits per heavy atom. The van der Waals surface area contributed by atoms with Gasteiger partial charge in [0.15, 0.2) is 5.69 Å². The first kappa shape index (κ1) is 24.4. The Morgan fingerprint density at radius 3 is 2.54 bits per heavy atom. The number of amides is 1. The highest BCUT2D eigenvalue weighted by Crippen LogP contribution is 2.33. The van der Waals surface area contributed by atoms with Crippen molar-refractivity contribution >= 4 is 11.6 Å². The maximum absolute atomic E-state index is 13.5. The number of carbonyl (C=O) groups is 1. The molecule has 2 aromatic rings. The number of hydrogen-bond donors (Lipinski definition) is 0. The number of aryl methyl sites for hydroxylation is 1. The molecular formula is C29H42N4O2. The monoisotopic (exact) mass is 478 g/mol. The van der Waals surface area contributed by atoms with Crippen LogP contribution in [0.1, 0.15) is 72.9 Å². The van der Waals surface area contributed by atoms with Crippen LogP contribution in [0.3, 0.4) is 0 Å². The highest BCUT2D eigenvalue weighted by molar-refractivity contribution is 5.94. The fourth-order valence-corrected chi connectivity index (χ4v) is 6.53. The SMILES string of the molecule is Cc1cccc(N2CCC(C(C)Cn3nc(C(=O)N4C[C@@H](C)O[C@@H](C)C4)c4c3CCC4)CC2)c1C. The highest BCUT2D eigenvalue weighted by Gasteiger charge is 2.33. The molecule has 1 unspecified atom stereocenters. The predicted octanol–water partition coefficient (Wildman–Crippen LogP) is 4.79. The molecule has 0 spiro atoms. The fraction of sp³-hybridized carbons (Fsp3) is 0.655. The molecule has 1 amide bonds. The number of carbonyl (C=O) groups excluding carboxylic acids is 1. The normalized spacial score (nSPS) is 24.0. The minimum absolute atomic E-state index is 0.0762. The molecule has 1 aromatic carbocycles. The van der Waals surface area contributed by atoms with Gasteiger partial charge in [0.2, 0.25) is 0 Å². The molecule has 0 radical (unpaired) electrons. The van der Waals surface area contributed by atoms with E-state index in [1.165, 1.54) is 40.9 Å². The number of piperidine rings is 1. The van der Waals surface area contributed by atoms with Gasteiger partial charge in [0, 0.05) is 49.7 Å². The van der Waals surface area contributed by atoms with Crippen molar-refractivity contribution in [1.29, 1.82) is 0 Å². The van der Waals surface area contributed by atoms with Crippen LogP contribution in [0.5, 0.6) is 0 Å². The molecule has 0 bridgehead atoms. The Morgan fingerprint density at radius 1 is 1.11 bits per heavy atom. The molecule has 3 aliphatic rings. The van der Waals surface area contributed by atoms with E-state index in [1.54, 1.807) is 0 Å². The van der Waals surface area contributed by atoms with Crippen molar-refractivity contribution in [3.63, 3.8) is 0 Å². The van der Waals surface area contributed by atoms with Crippen molar-refractivity contribution in [1.82, 2.24) is 14.7 Å². The summed E-state index contributed by atoms with van der Waals surface area (Å²) in [4.78, 5) is 18.0. The van der Waals surface area contributed by atoms with Gasteiger partial charge < -0.3 is 14.5 Å². The predicted molar refractivity (Wildman–Crippen MR) is 140 cm³/mol. The molecule has 1 aromatic heterocycles. The van der Waals surface area contributed by atoms with Gasteiger partial charge in [0.1, 0.15) is 0 Å². The smallest absolute Gasteiger partial charge is 0.274 e. The van der Waals surface area contributed by atoms with Gasteiger partial charge in [0.25, 0.3) is 5.91 Å². The van der Waals surface area contributed by atoms with Crippen LogP contribution in [-0.4, -0.2) is 59.0 Å². The number of ether oxygens (including phenoxy) is 1. The van der Waals surface area contributed by atoms with E-state index in [4.69, 9.17) is 9.84 Å². The van der Waals surface area contributed by atoms with Crippen molar-refractivity contribution in [3.05, 3.63) is 46.3 Å². The summed E-state index contributed by atoms with van der Waals surface area (Å²) in [5.74, 6) is 1.34. The van der Waals surface area contributed by atoms with Gasteiger partial charge in [-0.2, -0.15) is 5.10 Å². The maximum atomic E-state index is 13.5. The number of morpholine rings is 1. The summed E-state index contributed by atoms with van der Waals surface area (Å²) in [7, 11) is 0. The Bertz CT molecular complexity index is 1060. The Hall–Kier alpha value is -2.34. The van der Waals surface area contributed by atoms with Gasteiger partial charge in [-0.3, -0.25) is 9.48 Å². The van der Waals surface area contributed by atoms with E-state index in [1.807, 2.05) is 18.7 Å².